The Morgan fingerprint density at radius 3 is 2.18 bits per heavy atom. The van der Waals surface area contributed by atoms with E-state index in [4.69, 9.17) is 33.2 Å². The topological polar surface area (TPSA) is 128 Å². The molecule has 56 heavy (non-hydrogen) atoms. The van der Waals surface area contributed by atoms with Gasteiger partial charge >= 0.3 is 6.16 Å². The number of hydrogen-bond acceptors (Lipinski definition) is 10. The van der Waals surface area contributed by atoms with Crippen LogP contribution in [0.15, 0.2) is 65.5 Å². The fourth-order valence-electron chi connectivity index (χ4n) is 7.51. The van der Waals surface area contributed by atoms with Crippen LogP contribution in [0.2, 0.25) is 0 Å². The molecular formula is C45H53NO10. The molecule has 0 radical (unpaired) electrons. The molecule has 11 heteroatoms. The number of nitrogens with one attached hydrogen (secondary N) is 1. The van der Waals surface area contributed by atoms with Gasteiger partial charge in [0.15, 0.2) is 17.2 Å². The van der Waals surface area contributed by atoms with Crippen LogP contribution in [-0.2, 0) is 28.0 Å². The summed E-state index contributed by atoms with van der Waals surface area (Å²) in [6.07, 6.45) is 0.169. The molecule has 0 heterocycles. The Morgan fingerprint density at radius 2 is 1.54 bits per heavy atom. The van der Waals surface area contributed by atoms with Crippen molar-refractivity contribution in [3.63, 3.8) is 0 Å². The second-order valence-corrected chi connectivity index (χ2v) is 15.0. The van der Waals surface area contributed by atoms with E-state index in [2.05, 4.69) is 5.32 Å². The number of rotatable bonds is 14. The van der Waals surface area contributed by atoms with Crippen LogP contribution in [-0.4, -0.2) is 47.1 Å². The number of fused-ring (bicyclic) bond motifs is 3. The number of benzene rings is 3. The highest BCUT2D eigenvalue weighted by molar-refractivity contribution is 5.84. The third-order valence-corrected chi connectivity index (χ3v) is 9.96. The molecule has 4 aromatic carbocycles. The third kappa shape index (κ3) is 9.04. The Kier molecular flexibility index (Phi) is 13.2. The molecule has 0 saturated heterocycles. The van der Waals surface area contributed by atoms with Crippen LogP contribution in [0.25, 0.3) is 11.1 Å². The highest BCUT2D eigenvalue weighted by Gasteiger charge is 2.35. The van der Waals surface area contributed by atoms with E-state index in [9.17, 15) is 14.4 Å². The summed E-state index contributed by atoms with van der Waals surface area (Å²) in [7, 11) is 6.10. The standard InChI is InChI=1S/C45H53NO10/c1-26(2)24-55-44(49)56-36-20-27(3)41(54-25-29-14-12-11-13-15-29)28(4)40(36)45(5,6)23-38(48)46-33-18-16-30-21-37(51-8)42(52-9)43(53-10)39(30)31-17-19-35(50-7)34(47)22-32(31)33/h11-15,17,19-22,26,33H,16,18,23-25H2,1-10H3,(H,46,48)/t33-/m0/s1. The number of carbonyl (C=O) groups is 2. The molecular weight excluding hydrogens is 714 g/mol. The molecule has 0 saturated carbocycles. The normalized spacial score (nSPS) is 13.4. The SMILES string of the molecule is COc1cc2c(c(OC)c1OC)-c1ccc(OC)c(=O)cc1[C@@H](NC(=O)CC(C)(C)c1c(OC(=O)OCC(C)C)cc(C)c(OCc3ccccc3)c1C)CC2. The lowest BCUT2D eigenvalue weighted by atomic mass is 9.77. The van der Waals surface area contributed by atoms with E-state index >= 15 is 0 Å². The third-order valence-electron chi connectivity index (χ3n) is 9.96. The lowest BCUT2D eigenvalue weighted by molar-refractivity contribution is -0.123. The second-order valence-electron chi connectivity index (χ2n) is 15.0. The van der Waals surface area contributed by atoms with Crippen molar-refractivity contribution < 1.29 is 42.7 Å². The summed E-state index contributed by atoms with van der Waals surface area (Å²) < 4.78 is 40.4. The summed E-state index contributed by atoms with van der Waals surface area (Å²) in [5, 5.41) is 3.25. The number of carbonyl (C=O) groups excluding carboxylic acids is 2. The molecule has 1 amide bonds. The van der Waals surface area contributed by atoms with Gasteiger partial charge in [0.2, 0.25) is 17.1 Å². The minimum absolute atomic E-state index is 0.00267. The first kappa shape index (κ1) is 41.5. The zero-order chi connectivity index (χ0) is 40.7. The minimum Gasteiger partial charge on any atom is -0.493 e. The maximum absolute atomic E-state index is 14.3. The molecule has 4 aromatic rings. The number of methoxy groups -OCH3 is 4. The molecule has 1 N–H and O–H groups in total. The Hall–Kier alpha value is -5.71. The number of amides is 1. The zero-order valence-electron chi connectivity index (χ0n) is 34.0. The van der Waals surface area contributed by atoms with Crippen molar-refractivity contribution in [1.29, 1.82) is 0 Å². The van der Waals surface area contributed by atoms with Gasteiger partial charge in [-0.05, 0) is 90.3 Å². The molecule has 298 valence electrons. The predicted octanol–water partition coefficient (Wildman–Crippen LogP) is 8.59. The predicted molar refractivity (Wildman–Crippen MR) is 215 cm³/mol. The minimum atomic E-state index is -0.880. The van der Waals surface area contributed by atoms with Gasteiger partial charge in [-0.1, -0.05) is 64.1 Å². The van der Waals surface area contributed by atoms with Crippen molar-refractivity contribution in [1.82, 2.24) is 5.32 Å². The van der Waals surface area contributed by atoms with Crippen LogP contribution in [0.1, 0.15) is 80.0 Å². The molecule has 1 aliphatic rings. The van der Waals surface area contributed by atoms with Crippen LogP contribution in [0.4, 0.5) is 4.79 Å². The number of aryl methyl sites for hydroxylation is 2. The summed E-state index contributed by atoms with van der Waals surface area (Å²) in [5.74, 6) is 2.30. The number of ether oxygens (including phenoxy) is 7. The van der Waals surface area contributed by atoms with Gasteiger partial charge in [-0.15, -0.1) is 0 Å². The fourth-order valence-corrected chi connectivity index (χ4v) is 7.51. The van der Waals surface area contributed by atoms with Gasteiger partial charge in [0.05, 0.1) is 41.1 Å². The smallest absolute Gasteiger partial charge is 0.493 e. The lowest BCUT2D eigenvalue weighted by Gasteiger charge is -2.31. The van der Waals surface area contributed by atoms with E-state index in [-0.39, 0.29) is 36.0 Å². The number of hydrogen-bond donors (Lipinski definition) is 1. The average Bonchev–Trinajstić information content (AvgIpc) is 3.40. The Morgan fingerprint density at radius 1 is 0.839 bits per heavy atom. The maximum atomic E-state index is 14.3. The lowest BCUT2D eigenvalue weighted by Crippen LogP contribution is -2.35. The van der Waals surface area contributed by atoms with Crippen LogP contribution in [0.3, 0.4) is 0 Å². The van der Waals surface area contributed by atoms with Gasteiger partial charge in [0, 0.05) is 23.0 Å². The van der Waals surface area contributed by atoms with Gasteiger partial charge in [-0.25, -0.2) is 4.79 Å². The van der Waals surface area contributed by atoms with E-state index in [1.54, 1.807) is 26.4 Å². The summed E-state index contributed by atoms with van der Waals surface area (Å²) in [5.41, 5.74) is 4.86. The molecule has 11 nitrogen and oxygen atoms in total. The summed E-state index contributed by atoms with van der Waals surface area (Å²) in [4.78, 5) is 40.7. The molecule has 0 fully saturated rings. The van der Waals surface area contributed by atoms with Crippen molar-refractivity contribution in [3.05, 3.63) is 104 Å². The van der Waals surface area contributed by atoms with Gasteiger partial charge in [0.1, 0.15) is 18.1 Å². The molecule has 0 aliphatic heterocycles. The van der Waals surface area contributed by atoms with Crippen LogP contribution < -0.4 is 39.2 Å². The van der Waals surface area contributed by atoms with E-state index in [1.807, 2.05) is 84.0 Å². The monoisotopic (exact) mass is 767 g/mol. The molecule has 0 bridgehead atoms. The molecule has 5 rings (SSSR count). The highest BCUT2D eigenvalue weighted by atomic mass is 16.7. The Balaban J connectivity index is 1.54. The maximum Gasteiger partial charge on any atom is 0.513 e. The van der Waals surface area contributed by atoms with Crippen molar-refractivity contribution in [2.45, 2.75) is 78.9 Å². The molecule has 0 unspecified atom stereocenters. The highest BCUT2D eigenvalue weighted by Crippen LogP contribution is 2.50. The largest absolute Gasteiger partial charge is 0.513 e. The zero-order valence-corrected chi connectivity index (χ0v) is 34.0. The fraction of sp³-hybridized carbons (Fsp3) is 0.400. The first-order valence-corrected chi connectivity index (χ1v) is 18.7. The summed E-state index contributed by atoms with van der Waals surface area (Å²) in [6, 6.07) is 17.9. The van der Waals surface area contributed by atoms with Crippen molar-refractivity contribution in [3.8, 4) is 45.6 Å². The average molecular weight is 768 g/mol. The molecule has 1 atom stereocenters. The molecule has 1 aliphatic carbocycles. The van der Waals surface area contributed by atoms with Crippen LogP contribution >= 0.6 is 0 Å². The van der Waals surface area contributed by atoms with Crippen molar-refractivity contribution in [2.75, 3.05) is 35.0 Å². The summed E-state index contributed by atoms with van der Waals surface area (Å²) >= 11 is 0. The van der Waals surface area contributed by atoms with E-state index < -0.39 is 17.6 Å². The van der Waals surface area contributed by atoms with E-state index in [1.165, 1.54) is 20.3 Å². The van der Waals surface area contributed by atoms with Crippen LogP contribution in [0, 0.1) is 19.8 Å². The van der Waals surface area contributed by atoms with Gasteiger partial charge in [0.25, 0.3) is 0 Å². The first-order chi connectivity index (χ1) is 26.7. The second kappa shape index (κ2) is 17.8. The van der Waals surface area contributed by atoms with Gasteiger partial charge in [-0.2, -0.15) is 0 Å². The van der Waals surface area contributed by atoms with Crippen molar-refractivity contribution in [2.24, 2.45) is 5.92 Å². The van der Waals surface area contributed by atoms with Crippen LogP contribution in [0.5, 0.6) is 34.5 Å². The molecule has 0 spiro atoms. The van der Waals surface area contributed by atoms with Gasteiger partial charge in [-0.3, -0.25) is 9.59 Å². The quantitative estimate of drug-likeness (QED) is 0.0985. The first-order valence-electron chi connectivity index (χ1n) is 18.7. The van der Waals surface area contributed by atoms with E-state index in [0.29, 0.717) is 64.9 Å². The molecule has 0 aromatic heterocycles. The van der Waals surface area contributed by atoms with E-state index in [0.717, 1.165) is 27.8 Å². The summed E-state index contributed by atoms with van der Waals surface area (Å²) in [6.45, 7) is 12.1. The Bertz CT molecular complexity index is 2130. The Labute approximate surface area is 329 Å². The van der Waals surface area contributed by atoms with Gasteiger partial charge < -0.3 is 38.5 Å². The van der Waals surface area contributed by atoms with Crippen molar-refractivity contribution >= 4 is 12.1 Å².